The highest BCUT2D eigenvalue weighted by Gasteiger charge is 2.45. The van der Waals surface area contributed by atoms with E-state index in [0.29, 0.717) is 11.4 Å². The van der Waals surface area contributed by atoms with Crippen molar-refractivity contribution in [3.63, 3.8) is 0 Å². The number of carbonyl (C=O) groups is 1. The molecule has 0 heterocycles. The fourth-order valence-corrected chi connectivity index (χ4v) is 3.69. The number of halogens is 1. The quantitative estimate of drug-likeness (QED) is 0.863. The van der Waals surface area contributed by atoms with Crippen LogP contribution in [-0.4, -0.2) is 31.9 Å². The van der Waals surface area contributed by atoms with Gasteiger partial charge in [-0.05, 0) is 44.2 Å². The van der Waals surface area contributed by atoms with Crippen LogP contribution >= 0.6 is 11.6 Å². The summed E-state index contributed by atoms with van der Waals surface area (Å²) in [4.78, 5) is 12.3. The lowest BCUT2D eigenvalue weighted by atomic mass is 10.0. The zero-order valence-corrected chi connectivity index (χ0v) is 14.7. The molecule has 0 unspecified atom stereocenters. The minimum Gasteiger partial charge on any atom is -0.351 e. The molecule has 0 radical (unpaired) electrons. The molecule has 122 valence electrons. The molecule has 1 N–H and O–H groups in total. The Bertz CT molecular complexity index is 670. The summed E-state index contributed by atoms with van der Waals surface area (Å²) in [7, 11) is -3.03. The van der Waals surface area contributed by atoms with Crippen LogP contribution in [0.15, 0.2) is 24.3 Å². The van der Waals surface area contributed by atoms with E-state index in [-0.39, 0.29) is 23.5 Å². The number of hydrogen-bond acceptors (Lipinski definition) is 3. The van der Waals surface area contributed by atoms with Crippen molar-refractivity contribution in [3.8, 4) is 0 Å². The molecule has 0 aromatic heterocycles. The van der Waals surface area contributed by atoms with Gasteiger partial charge in [-0.3, -0.25) is 4.79 Å². The molecule has 22 heavy (non-hydrogen) atoms. The minimum atomic E-state index is -3.03. The molecular weight excluding hydrogens is 322 g/mol. The Labute approximate surface area is 137 Å². The maximum atomic E-state index is 12.3. The van der Waals surface area contributed by atoms with Gasteiger partial charge in [0, 0.05) is 22.7 Å². The maximum Gasteiger partial charge on any atom is 0.224 e. The highest BCUT2D eigenvalue weighted by Crippen LogP contribution is 2.49. The second-order valence-electron chi connectivity index (χ2n) is 6.72. The van der Waals surface area contributed by atoms with Gasteiger partial charge < -0.3 is 5.32 Å². The molecule has 1 aliphatic carbocycles. The summed E-state index contributed by atoms with van der Waals surface area (Å²) in [6.45, 7) is 3.70. The first-order chi connectivity index (χ1) is 10.1. The Balaban J connectivity index is 1.93. The van der Waals surface area contributed by atoms with Crippen LogP contribution in [0, 0.1) is 5.92 Å². The van der Waals surface area contributed by atoms with Crippen LogP contribution in [-0.2, 0) is 14.6 Å². The van der Waals surface area contributed by atoms with E-state index in [9.17, 15) is 13.2 Å². The summed E-state index contributed by atoms with van der Waals surface area (Å²) in [6.07, 6.45) is 2.40. The second kappa shape index (κ2) is 6.20. The van der Waals surface area contributed by atoms with E-state index in [1.54, 1.807) is 0 Å². The van der Waals surface area contributed by atoms with E-state index in [4.69, 9.17) is 11.6 Å². The first-order valence-electron chi connectivity index (χ1n) is 7.33. The second-order valence-corrected chi connectivity index (χ2v) is 9.39. The van der Waals surface area contributed by atoms with Crippen molar-refractivity contribution in [2.45, 2.75) is 38.1 Å². The number of hydrogen-bond donors (Lipinski definition) is 1. The molecule has 0 aliphatic heterocycles. The van der Waals surface area contributed by atoms with Crippen LogP contribution in [0.25, 0.3) is 0 Å². The molecule has 6 heteroatoms. The average molecular weight is 344 g/mol. The predicted octanol–water partition coefficient (Wildman–Crippen LogP) is 2.77. The number of benzene rings is 1. The molecule has 2 atom stereocenters. The lowest BCUT2D eigenvalue weighted by Gasteiger charge is -2.26. The Morgan fingerprint density at radius 3 is 2.59 bits per heavy atom. The van der Waals surface area contributed by atoms with Gasteiger partial charge in [0.2, 0.25) is 5.91 Å². The Morgan fingerprint density at radius 2 is 2.00 bits per heavy atom. The fourth-order valence-electron chi connectivity index (χ4n) is 2.53. The molecular formula is C16H22ClNO3S. The van der Waals surface area contributed by atoms with Gasteiger partial charge in [0.15, 0.2) is 0 Å². The largest absolute Gasteiger partial charge is 0.351 e. The third-order valence-corrected chi connectivity index (χ3v) is 5.28. The summed E-state index contributed by atoms with van der Waals surface area (Å²) in [5.41, 5.74) is 0.478. The molecule has 0 spiro atoms. The van der Waals surface area contributed by atoms with Gasteiger partial charge in [-0.15, -0.1) is 0 Å². The zero-order valence-electron chi connectivity index (χ0n) is 13.1. The van der Waals surface area contributed by atoms with Crippen LogP contribution < -0.4 is 5.32 Å². The SMILES string of the molecule is CC(C)(CCS(C)(=O)=O)NC(=O)[C@H]1C[C@H]1c1ccccc1Cl. The van der Waals surface area contributed by atoms with Crippen LogP contribution in [0.3, 0.4) is 0 Å². The standard InChI is InChI=1S/C16H22ClNO3S/c1-16(2,8-9-22(3,20)21)18-15(19)13-10-12(13)11-6-4-5-7-14(11)17/h4-7,12-13H,8-10H2,1-3H3,(H,18,19)/t12-,13-/m0/s1. The van der Waals surface area contributed by atoms with Crippen molar-refractivity contribution in [1.82, 2.24) is 5.32 Å². The van der Waals surface area contributed by atoms with Crippen molar-refractivity contribution in [1.29, 1.82) is 0 Å². The topological polar surface area (TPSA) is 63.2 Å². The van der Waals surface area contributed by atoms with Crippen LogP contribution in [0.5, 0.6) is 0 Å². The third kappa shape index (κ3) is 4.71. The van der Waals surface area contributed by atoms with E-state index in [1.165, 1.54) is 6.26 Å². The minimum absolute atomic E-state index is 0.0246. The molecule has 1 saturated carbocycles. The zero-order chi connectivity index (χ0) is 16.5. The number of sulfone groups is 1. The summed E-state index contributed by atoms with van der Waals surface area (Å²) >= 11 is 6.16. The normalized spacial score (nSPS) is 21.5. The first kappa shape index (κ1) is 17.3. The predicted molar refractivity (Wildman–Crippen MR) is 88.8 cm³/mol. The highest BCUT2D eigenvalue weighted by atomic mass is 35.5. The van der Waals surface area contributed by atoms with Gasteiger partial charge in [0.25, 0.3) is 0 Å². The number of rotatable bonds is 6. The number of amides is 1. The molecule has 1 fully saturated rings. The van der Waals surface area contributed by atoms with Crippen LogP contribution in [0.1, 0.15) is 38.2 Å². The van der Waals surface area contributed by atoms with E-state index in [0.717, 1.165) is 12.0 Å². The summed E-state index contributed by atoms with van der Waals surface area (Å²) < 4.78 is 22.5. The van der Waals surface area contributed by atoms with Gasteiger partial charge in [0.05, 0.1) is 5.75 Å². The van der Waals surface area contributed by atoms with Gasteiger partial charge in [0.1, 0.15) is 9.84 Å². The Kier molecular flexibility index (Phi) is 4.87. The molecule has 1 amide bonds. The van der Waals surface area contributed by atoms with Crippen molar-refractivity contribution in [2.24, 2.45) is 5.92 Å². The molecule has 4 nitrogen and oxygen atoms in total. The van der Waals surface area contributed by atoms with Crippen LogP contribution in [0.4, 0.5) is 0 Å². The summed E-state index contributed by atoms with van der Waals surface area (Å²) in [5.74, 6) is 0.138. The van der Waals surface area contributed by atoms with Crippen molar-refractivity contribution >= 4 is 27.3 Å². The Morgan fingerprint density at radius 1 is 1.36 bits per heavy atom. The van der Waals surface area contributed by atoms with Gasteiger partial charge in [-0.1, -0.05) is 29.8 Å². The van der Waals surface area contributed by atoms with E-state index in [1.807, 2.05) is 38.1 Å². The average Bonchev–Trinajstić information content (AvgIpc) is 3.16. The monoisotopic (exact) mass is 343 g/mol. The Hall–Kier alpha value is -1.07. The molecule has 1 aromatic carbocycles. The summed E-state index contributed by atoms with van der Waals surface area (Å²) in [5, 5.41) is 3.66. The smallest absolute Gasteiger partial charge is 0.224 e. The van der Waals surface area contributed by atoms with Gasteiger partial charge in [-0.25, -0.2) is 8.42 Å². The summed E-state index contributed by atoms with van der Waals surface area (Å²) in [6, 6.07) is 7.58. The van der Waals surface area contributed by atoms with Gasteiger partial charge in [-0.2, -0.15) is 0 Å². The van der Waals surface area contributed by atoms with E-state index < -0.39 is 15.4 Å². The first-order valence-corrected chi connectivity index (χ1v) is 9.77. The third-order valence-electron chi connectivity index (χ3n) is 3.99. The fraction of sp³-hybridized carbons (Fsp3) is 0.562. The molecule has 0 bridgehead atoms. The van der Waals surface area contributed by atoms with Crippen LogP contribution in [0.2, 0.25) is 5.02 Å². The lowest BCUT2D eigenvalue weighted by Crippen LogP contribution is -2.45. The molecule has 1 aliphatic rings. The van der Waals surface area contributed by atoms with Gasteiger partial charge >= 0.3 is 0 Å². The van der Waals surface area contributed by atoms with Crippen molar-refractivity contribution < 1.29 is 13.2 Å². The molecule has 1 aromatic rings. The number of nitrogens with one attached hydrogen (secondary N) is 1. The number of carbonyl (C=O) groups excluding carboxylic acids is 1. The maximum absolute atomic E-state index is 12.3. The highest BCUT2D eigenvalue weighted by molar-refractivity contribution is 7.90. The van der Waals surface area contributed by atoms with E-state index in [2.05, 4.69) is 5.32 Å². The van der Waals surface area contributed by atoms with Crippen molar-refractivity contribution in [2.75, 3.05) is 12.0 Å². The van der Waals surface area contributed by atoms with Crippen molar-refractivity contribution in [3.05, 3.63) is 34.9 Å². The van der Waals surface area contributed by atoms with E-state index >= 15 is 0 Å². The molecule has 2 rings (SSSR count). The lowest BCUT2D eigenvalue weighted by molar-refractivity contribution is -0.124. The molecule has 0 saturated heterocycles.